The number of alkyl halides is 3. The number of thiol groups is 1. The van der Waals surface area contributed by atoms with E-state index in [1.165, 1.54) is 17.2 Å². The molecule has 2 rings (SSSR count). The van der Waals surface area contributed by atoms with Crippen molar-refractivity contribution in [2.24, 2.45) is 0 Å². The fourth-order valence-electron chi connectivity index (χ4n) is 1.80. The molecule has 6 heteroatoms. The average molecular weight is 378 g/mol. The number of anilines is 1. The maximum absolute atomic E-state index is 12.0. The van der Waals surface area contributed by atoms with Crippen LogP contribution in [0.2, 0.25) is 5.02 Å². The van der Waals surface area contributed by atoms with Crippen LogP contribution in [0.4, 0.5) is 18.9 Å². The first-order valence-electron chi connectivity index (χ1n) is 7.55. The summed E-state index contributed by atoms with van der Waals surface area (Å²) in [4.78, 5) is 0.338. The molecule has 0 radical (unpaired) electrons. The van der Waals surface area contributed by atoms with Gasteiger partial charge in [-0.3, -0.25) is 0 Å². The van der Waals surface area contributed by atoms with E-state index in [0.717, 1.165) is 24.2 Å². The van der Waals surface area contributed by atoms with Crippen molar-refractivity contribution in [3.63, 3.8) is 0 Å². The highest BCUT2D eigenvalue weighted by Crippen LogP contribution is 2.32. The van der Waals surface area contributed by atoms with Crippen molar-refractivity contribution < 1.29 is 13.2 Å². The minimum atomic E-state index is -4.34. The minimum Gasteiger partial charge on any atom is -0.399 e. The molecule has 24 heavy (non-hydrogen) atoms. The van der Waals surface area contributed by atoms with Crippen molar-refractivity contribution in [1.29, 1.82) is 0 Å². The van der Waals surface area contributed by atoms with Crippen LogP contribution in [0, 0.1) is 6.92 Å². The minimum absolute atomic E-state index is 0.00755. The molecule has 0 saturated carbocycles. The second-order valence-corrected chi connectivity index (χ2v) is 5.59. The first-order valence-corrected chi connectivity index (χ1v) is 8.38. The van der Waals surface area contributed by atoms with Crippen molar-refractivity contribution in [2.75, 3.05) is 5.73 Å². The number of halogens is 4. The normalized spacial score (nSPS) is 10.2. The topological polar surface area (TPSA) is 26.0 Å². The fourth-order valence-corrected chi connectivity index (χ4v) is 2.12. The van der Waals surface area contributed by atoms with Gasteiger partial charge in [0.25, 0.3) is 0 Å². The molecular weight excluding hydrogens is 355 g/mol. The molecule has 0 bridgehead atoms. The Hall–Kier alpha value is -1.33. The van der Waals surface area contributed by atoms with Crippen LogP contribution in [0.1, 0.15) is 37.5 Å². The monoisotopic (exact) mass is 377 g/mol. The summed E-state index contributed by atoms with van der Waals surface area (Å²) in [7, 11) is 0. The molecule has 1 nitrogen and oxygen atoms in total. The van der Waals surface area contributed by atoms with E-state index in [4.69, 9.17) is 17.3 Å². The third-order valence-corrected chi connectivity index (χ3v) is 3.86. The van der Waals surface area contributed by atoms with Gasteiger partial charge in [0, 0.05) is 10.6 Å². The Balaban J connectivity index is 0.000000405. The van der Waals surface area contributed by atoms with Crippen molar-refractivity contribution >= 4 is 29.9 Å². The van der Waals surface area contributed by atoms with Crippen LogP contribution in [0.5, 0.6) is 0 Å². The largest absolute Gasteiger partial charge is 0.416 e. The van der Waals surface area contributed by atoms with Crippen molar-refractivity contribution in [3.8, 4) is 0 Å². The number of benzene rings is 2. The van der Waals surface area contributed by atoms with E-state index in [1.807, 2.05) is 26.0 Å². The number of aryl methyl sites for hydroxylation is 2. The Morgan fingerprint density at radius 3 is 2.08 bits per heavy atom. The van der Waals surface area contributed by atoms with E-state index in [1.54, 1.807) is 0 Å². The Kier molecular flexibility index (Phi) is 9.93. The standard InChI is InChI=1S/C9H13N.C7H4ClF3S.C2H6/c1-3-8-4-5-9(10)6-7(8)2;8-5-3-4(7(9,10)11)1-2-6(5)12;1-2/h4-6H,3,10H2,1-2H3;1-3,12H;1-2H3. The lowest BCUT2D eigenvalue weighted by atomic mass is 10.1. The number of nitrogen functional groups attached to an aromatic ring is 1. The van der Waals surface area contributed by atoms with Gasteiger partial charge in [0.2, 0.25) is 0 Å². The molecule has 0 unspecified atom stereocenters. The fraction of sp³-hybridized carbons (Fsp3) is 0.333. The van der Waals surface area contributed by atoms with Gasteiger partial charge >= 0.3 is 6.18 Å². The van der Waals surface area contributed by atoms with Crippen LogP contribution in [-0.2, 0) is 12.6 Å². The number of hydrogen-bond donors (Lipinski definition) is 2. The SMILES string of the molecule is CC.CCc1ccc(N)cc1C.FC(F)(F)c1ccc(S)c(Cl)c1. The van der Waals surface area contributed by atoms with Gasteiger partial charge in [0.15, 0.2) is 0 Å². The Bertz CT molecular complexity index is 643. The molecule has 0 saturated heterocycles. The summed E-state index contributed by atoms with van der Waals surface area (Å²) in [6, 6.07) is 9.06. The number of nitrogens with two attached hydrogens (primary N) is 1. The summed E-state index contributed by atoms with van der Waals surface area (Å²) in [6.45, 7) is 8.24. The maximum atomic E-state index is 12.0. The van der Waals surface area contributed by atoms with Gasteiger partial charge in [-0.1, -0.05) is 38.4 Å². The Labute approximate surface area is 152 Å². The van der Waals surface area contributed by atoms with Crippen LogP contribution in [0.15, 0.2) is 41.3 Å². The molecule has 0 aliphatic heterocycles. The second-order valence-electron chi connectivity index (χ2n) is 4.70. The van der Waals surface area contributed by atoms with Crippen molar-refractivity contribution in [2.45, 2.75) is 45.2 Å². The van der Waals surface area contributed by atoms with Gasteiger partial charge in [-0.25, -0.2) is 0 Å². The zero-order chi connectivity index (χ0) is 18.9. The van der Waals surface area contributed by atoms with Gasteiger partial charge in [0.1, 0.15) is 0 Å². The molecule has 0 atom stereocenters. The summed E-state index contributed by atoms with van der Waals surface area (Å²) in [5.41, 5.74) is 8.36. The lowest BCUT2D eigenvalue weighted by Crippen LogP contribution is -2.04. The summed E-state index contributed by atoms with van der Waals surface area (Å²) >= 11 is 9.28. The van der Waals surface area contributed by atoms with Gasteiger partial charge in [-0.2, -0.15) is 13.2 Å². The van der Waals surface area contributed by atoms with E-state index in [-0.39, 0.29) is 5.02 Å². The van der Waals surface area contributed by atoms with Crippen LogP contribution in [0.25, 0.3) is 0 Å². The first kappa shape index (κ1) is 22.7. The third kappa shape index (κ3) is 7.49. The summed E-state index contributed by atoms with van der Waals surface area (Å²) in [5, 5.41) is 0.00755. The molecular formula is C18H23ClF3NS. The highest BCUT2D eigenvalue weighted by atomic mass is 35.5. The molecule has 0 aliphatic carbocycles. The summed E-state index contributed by atoms with van der Waals surface area (Å²) in [5.74, 6) is 0. The molecule has 134 valence electrons. The third-order valence-electron chi connectivity index (χ3n) is 3.02. The summed E-state index contributed by atoms with van der Waals surface area (Å²) < 4.78 is 36.0. The van der Waals surface area contributed by atoms with Gasteiger partial charge < -0.3 is 5.73 Å². The molecule has 2 aromatic rings. The molecule has 0 aliphatic rings. The molecule has 0 fully saturated rings. The predicted molar refractivity (Wildman–Crippen MR) is 100 cm³/mol. The van der Waals surface area contributed by atoms with Crippen LogP contribution in [-0.4, -0.2) is 0 Å². The van der Waals surface area contributed by atoms with E-state index < -0.39 is 11.7 Å². The van der Waals surface area contributed by atoms with E-state index in [9.17, 15) is 13.2 Å². The summed E-state index contributed by atoms with van der Waals surface area (Å²) in [6.07, 6.45) is -3.25. The van der Waals surface area contributed by atoms with Crippen LogP contribution >= 0.6 is 24.2 Å². The highest BCUT2D eigenvalue weighted by molar-refractivity contribution is 7.80. The predicted octanol–water partition coefficient (Wildman–Crippen LogP) is 6.81. The van der Waals surface area contributed by atoms with Crippen LogP contribution in [0.3, 0.4) is 0 Å². The van der Waals surface area contributed by atoms with Crippen LogP contribution < -0.4 is 5.73 Å². The van der Waals surface area contributed by atoms with Crippen molar-refractivity contribution in [1.82, 2.24) is 0 Å². The van der Waals surface area contributed by atoms with Gasteiger partial charge in [0.05, 0.1) is 10.6 Å². The number of rotatable bonds is 1. The average Bonchev–Trinajstić information content (AvgIpc) is 2.52. The quantitative estimate of drug-likeness (QED) is 0.414. The smallest absolute Gasteiger partial charge is 0.399 e. The van der Waals surface area contributed by atoms with Gasteiger partial charge in [-0.15, -0.1) is 12.6 Å². The molecule has 0 spiro atoms. The number of hydrogen-bond acceptors (Lipinski definition) is 2. The second kappa shape index (κ2) is 10.5. The molecule has 0 heterocycles. The first-order chi connectivity index (χ1) is 11.1. The molecule has 0 aromatic heterocycles. The highest BCUT2D eigenvalue weighted by Gasteiger charge is 2.30. The van der Waals surface area contributed by atoms with E-state index >= 15 is 0 Å². The molecule has 0 amide bonds. The zero-order valence-electron chi connectivity index (χ0n) is 14.2. The lowest BCUT2D eigenvalue weighted by molar-refractivity contribution is -0.137. The maximum Gasteiger partial charge on any atom is 0.416 e. The van der Waals surface area contributed by atoms with Crippen molar-refractivity contribution in [3.05, 3.63) is 58.1 Å². The van der Waals surface area contributed by atoms with E-state index in [2.05, 4.69) is 32.5 Å². The zero-order valence-corrected chi connectivity index (χ0v) is 15.9. The molecule has 2 aromatic carbocycles. The molecule has 2 N–H and O–H groups in total. The Morgan fingerprint density at radius 1 is 1.08 bits per heavy atom. The van der Waals surface area contributed by atoms with Gasteiger partial charge in [-0.05, 0) is 54.8 Å². The Morgan fingerprint density at radius 2 is 1.67 bits per heavy atom. The van der Waals surface area contributed by atoms with E-state index in [0.29, 0.717) is 4.90 Å². The lowest BCUT2D eigenvalue weighted by Gasteiger charge is -2.06.